The van der Waals surface area contributed by atoms with E-state index in [0.717, 1.165) is 6.42 Å². The van der Waals surface area contributed by atoms with Crippen LogP contribution >= 0.6 is 0 Å². The zero-order valence-electron chi connectivity index (χ0n) is 12.7. The lowest BCUT2D eigenvalue weighted by Crippen LogP contribution is -2.48. The van der Waals surface area contributed by atoms with Crippen molar-refractivity contribution in [2.45, 2.75) is 44.7 Å². The Bertz CT molecular complexity index is 618. The lowest BCUT2D eigenvalue weighted by atomic mass is 9.88. The molecule has 21 heavy (non-hydrogen) atoms. The molecule has 0 spiro atoms. The third-order valence-corrected chi connectivity index (χ3v) is 6.35. The lowest BCUT2D eigenvalue weighted by Gasteiger charge is -2.40. The molecule has 2 N–H and O–H groups in total. The molecule has 118 valence electrons. The Labute approximate surface area is 126 Å². The topological polar surface area (TPSA) is 63.4 Å². The molecule has 1 heterocycles. The molecule has 0 saturated carbocycles. The van der Waals surface area contributed by atoms with Crippen molar-refractivity contribution in [1.29, 1.82) is 0 Å². The zero-order chi connectivity index (χ0) is 15.8. The number of hydrogen-bond acceptors (Lipinski definition) is 3. The van der Waals surface area contributed by atoms with Crippen LogP contribution in [0, 0.1) is 17.7 Å². The van der Waals surface area contributed by atoms with E-state index in [1.54, 1.807) is 6.07 Å². The molecule has 0 amide bonds. The van der Waals surface area contributed by atoms with Gasteiger partial charge in [-0.15, -0.1) is 0 Å². The number of piperidine rings is 1. The van der Waals surface area contributed by atoms with Gasteiger partial charge in [-0.1, -0.05) is 19.9 Å². The molecule has 0 aliphatic carbocycles. The van der Waals surface area contributed by atoms with Gasteiger partial charge in [-0.25, -0.2) is 12.8 Å². The van der Waals surface area contributed by atoms with Crippen LogP contribution in [0.25, 0.3) is 0 Å². The van der Waals surface area contributed by atoms with Crippen molar-refractivity contribution in [3.63, 3.8) is 0 Å². The molecule has 1 fully saturated rings. The molecular formula is C15H23FN2O2S. The van der Waals surface area contributed by atoms with Crippen LogP contribution in [0.1, 0.15) is 32.8 Å². The molecule has 0 bridgehead atoms. The quantitative estimate of drug-likeness (QED) is 0.931. The third-order valence-electron chi connectivity index (χ3n) is 4.36. The number of benzene rings is 1. The van der Waals surface area contributed by atoms with Crippen molar-refractivity contribution in [2.24, 2.45) is 17.6 Å². The van der Waals surface area contributed by atoms with Gasteiger partial charge in [0, 0.05) is 19.1 Å². The van der Waals surface area contributed by atoms with Crippen LogP contribution in [0.4, 0.5) is 4.39 Å². The first kappa shape index (κ1) is 16.4. The highest BCUT2D eigenvalue weighted by Crippen LogP contribution is 2.32. The SMILES string of the molecule is CC1CC(C)C(C)N(S(=O)(=O)c2ccc(CN)cc2F)C1. The maximum Gasteiger partial charge on any atom is 0.246 e. The van der Waals surface area contributed by atoms with Crippen LogP contribution in [0.5, 0.6) is 0 Å². The summed E-state index contributed by atoms with van der Waals surface area (Å²) < 4.78 is 41.1. The summed E-state index contributed by atoms with van der Waals surface area (Å²) in [4.78, 5) is -0.257. The average molecular weight is 314 g/mol. The highest BCUT2D eigenvalue weighted by Gasteiger charge is 2.38. The van der Waals surface area contributed by atoms with E-state index in [9.17, 15) is 12.8 Å². The van der Waals surface area contributed by atoms with Crippen molar-refractivity contribution in [1.82, 2.24) is 4.31 Å². The molecule has 0 aromatic heterocycles. The van der Waals surface area contributed by atoms with Gasteiger partial charge < -0.3 is 5.73 Å². The molecule has 3 atom stereocenters. The predicted molar refractivity (Wildman–Crippen MR) is 80.6 cm³/mol. The standard InChI is InChI=1S/C15H23FN2O2S/c1-10-6-11(2)12(3)18(9-10)21(19,20)15-5-4-13(8-17)7-14(15)16/h4-5,7,10-12H,6,8-9,17H2,1-3H3. The molecule has 1 aliphatic heterocycles. The van der Waals surface area contributed by atoms with Crippen molar-refractivity contribution in [3.05, 3.63) is 29.6 Å². The van der Waals surface area contributed by atoms with Crippen LogP contribution in [-0.4, -0.2) is 25.3 Å². The van der Waals surface area contributed by atoms with Gasteiger partial charge >= 0.3 is 0 Å². The maximum absolute atomic E-state index is 14.1. The molecule has 2 rings (SSSR count). The van der Waals surface area contributed by atoms with E-state index < -0.39 is 15.8 Å². The van der Waals surface area contributed by atoms with Crippen LogP contribution in [-0.2, 0) is 16.6 Å². The molecule has 4 nitrogen and oxygen atoms in total. The predicted octanol–water partition coefficient (Wildman–Crippen LogP) is 2.34. The molecule has 1 aliphatic rings. The fourth-order valence-electron chi connectivity index (χ4n) is 2.99. The summed E-state index contributed by atoms with van der Waals surface area (Å²) >= 11 is 0. The zero-order valence-corrected chi connectivity index (χ0v) is 13.5. The van der Waals surface area contributed by atoms with Gasteiger partial charge in [0.15, 0.2) is 0 Å². The van der Waals surface area contributed by atoms with E-state index in [0.29, 0.717) is 12.1 Å². The summed E-state index contributed by atoms with van der Waals surface area (Å²) in [5.74, 6) is -0.191. The smallest absolute Gasteiger partial charge is 0.246 e. The summed E-state index contributed by atoms with van der Waals surface area (Å²) in [7, 11) is -3.82. The average Bonchev–Trinajstić information content (AvgIpc) is 2.42. The van der Waals surface area contributed by atoms with E-state index in [4.69, 9.17) is 5.73 Å². The van der Waals surface area contributed by atoms with E-state index in [2.05, 4.69) is 0 Å². The first-order chi connectivity index (χ1) is 9.77. The number of nitrogens with zero attached hydrogens (tertiary/aromatic N) is 1. The fraction of sp³-hybridized carbons (Fsp3) is 0.600. The van der Waals surface area contributed by atoms with Crippen LogP contribution in [0.3, 0.4) is 0 Å². The summed E-state index contributed by atoms with van der Waals surface area (Å²) in [6.45, 7) is 6.58. The van der Waals surface area contributed by atoms with E-state index in [1.165, 1.54) is 16.4 Å². The van der Waals surface area contributed by atoms with Gasteiger partial charge in [-0.05, 0) is 42.9 Å². The van der Waals surface area contributed by atoms with Gasteiger partial charge in [-0.3, -0.25) is 0 Å². The summed E-state index contributed by atoms with van der Waals surface area (Å²) in [5.41, 5.74) is 6.04. The monoisotopic (exact) mass is 314 g/mol. The van der Waals surface area contributed by atoms with Crippen LogP contribution in [0.2, 0.25) is 0 Å². The van der Waals surface area contributed by atoms with E-state index in [1.807, 2.05) is 20.8 Å². The molecule has 6 heteroatoms. The number of sulfonamides is 1. The normalized spacial score (nSPS) is 27.8. The summed E-state index contributed by atoms with van der Waals surface area (Å²) in [6.07, 6.45) is 0.988. The fourth-order valence-corrected chi connectivity index (χ4v) is 4.88. The van der Waals surface area contributed by atoms with Gasteiger partial charge in [0.25, 0.3) is 0 Å². The Morgan fingerprint density at radius 1 is 1.33 bits per heavy atom. The van der Waals surface area contributed by atoms with Gasteiger partial charge in [-0.2, -0.15) is 4.31 Å². The highest BCUT2D eigenvalue weighted by atomic mass is 32.2. The van der Waals surface area contributed by atoms with Crippen molar-refractivity contribution < 1.29 is 12.8 Å². The Hall–Kier alpha value is -0.980. The molecule has 0 radical (unpaired) electrons. The second-order valence-electron chi connectivity index (χ2n) is 6.10. The van der Waals surface area contributed by atoms with Crippen LogP contribution < -0.4 is 5.73 Å². The first-order valence-corrected chi connectivity index (χ1v) is 8.71. The molecular weight excluding hydrogens is 291 g/mol. The minimum absolute atomic E-state index is 0.125. The molecule has 1 aromatic rings. The molecule has 3 unspecified atom stereocenters. The van der Waals surface area contributed by atoms with Crippen molar-refractivity contribution in [3.8, 4) is 0 Å². The first-order valence-electron chi connectivity index (χ1n) is 7.27. The molecule has 1 saturated heterocycles. The van der Waals surface area contributed by atoms with Crippen molar-refractivity contribution in [2.75, 3.05) is 6.54 Å². The van der Waals surface area contributed by atoms with Crippen LogP contribution in [0.15, 0.2) is 23.1 Å². The molecule has 1 aromatic carbocycles. The second kappa shape index (κ2) is 6.02. The minimum Gasteiger partial charge on any atom is -0.326 e. The number of nitrogens with two attached hydrogens (primary N) is 1. The Kier molecular flexibility index (Phi) is 4.70. The Balaban J connectivity index is 2.41. The largest absolute Gasteiger partial charge is 0.326 e. The maximum atomic E-state index is 14.1. The minimum atomic E-state index is -3.82. The lowest BCUT2D eigenvalue weighted by molar-refractivity contribution is 0.157. The summed E-state index contributed by atoms with van der Waals surface area (Å²) in [6, 6.07) is 3.97. The van der Waals surface area contributed by atoms with Gasteiger partial charge in [0.1, 0.15) is 10.7 Å². The van der Waals surface area contributed by atoms with E-state index >= 15 is 0 Å². The number of halogens is 1. The van der Waals surface area contributed by atoms with E-state index in [-0.39, 0.29) is 29.3 Å². The van der Waals surface area contributed by atoms with Crippen molar-refractivity contribution >= 4 is 10.0 Å². The Morgan fingerprint density at radius 3 is 2.57 bits per heavy atom. The van der Waals surface area contributed by atoms with Gasteiger partial charge in [0.2, 0.25) is 10.0 Å². The van der Waals surface area contributed by atoms with Gasteiger partial charge in [0.05, 0.1) is 0 Å². The number of rotatable bonds is 3. The Morgan fingerprint density at radius 2 is 2.00 bits per heavy atom. The number of hydrogen-bond donors (Lipinski definition) is 1. The second-order valence-corrected chi connectivity index (χ2v) is 7.96. The highest BCUT2D eigenvalue weighted by molar-refractivity contribution is 7.89. The third kappa shape index (κ3) is 3.12. The summed E-state index contributed by atoms with van der Waals surface area (Å²) in [5, 5.41) is 0.